The number of hydrogen-bond acceptors (Lipinski definition) is 4. The highest BCUT2D eigenvalue weighted by molar-refractivity contribution is 7.16. The summed E-state index contributed by atoms with van der Waals surface area (Å²) in [6, 6.07) is 25.2. The van der Waals surface area contributed by atoms with Gasteiger partial charge in [-0.2, -0.15) is 0 Å². The zero-order valence-corrected chi connectivity index (χ0v) is 42.9. The average Bonchev–Trinajstić information content (AvgIpc) is 4.18. The summed E-state index contributed by atoms with van der Waals surface area (Å²) in [4.78, 5) is 37.0. The molecule has 2 aliphatic heterocycles. The topological polar surface area (TPSA) is 45.6 Å². The molecule has 5 aromatic rings. The number of aromatic nitrogens is 1. The second-order valence-corrected chi connectivity index (χ2v) is 21.5. The van der Waals surface area contributed by atoms with Gasteiger partial charge in [0.2, 0.25) is 0 Å². The summed E-state index contributed by atoms with van der Waals surface area (Å²) in [5.74, 6) is -0.00294. The number of benzene rings is 2. The molecule has 66 heavy (non-hydrogen) atoms. The second kappa shape index (κ2) is 26.0. The van der Waals surface area contributed by atoms with E-state index in [-0.39, 0.29) is 11.8 Å². The number of nitrogens with zero attached hydrogens (tertiary/aromatic N) is 3. The first-order valence-corrected chi connectivity index (χ1v) is 28.5. The lowest BCUT2D eigenvalue weighted by atomic mass is 9.99. The van der Waals surface area contributed by atoms with E-state index in [1.54, 1.807) is 22.7 Å². The van der Waals surface area contributed by atoms with Crippen LogP contribution in [0.2, 0.25) is 0 Å². The van der Waals surface area contributed by atoms with Gasteiger partial charge < -0.3 is 14.4 Å². The van der Waals surface area contributed by atoms with Gasteiger partial charge in [-0.05, 0) is 67.0 Å². The van der Waals surface area contributed by atoms with Crippen molar-refractivity contribution in [2.24, 2.45) is 0 Å². The standard InChI is InChI=1S/C59H81N3O2S2/c1-5-9-13-17-21-25-32-46(33-26-22-18-14-10-6-2)62-49-35-28-27-34-47(49)48-38-37-45(44-50(48)62)51-39-40-53(66-51)57-55-54(58(63)61(57)42-30-24-20-16-12-8-4)56(52-36-31-43-65-52)60(59(55)64)41-29-23-19-15-11-7-3/h27-28,31,34-40,43-44,46H,5-26,29-30,32-33,41-42H2,1-4H3. The quantitative estimate of drug-likeness (QED) is 0.0403. The summed E-state index contributed by atoms with van der Waals surface area (Å²) < 4.78 is 2.72. The van der Waals surface area contributed by atoms with Gasteiger partial charge in [0, 0.05) is 40.3 Å². The van der Waals surface area contributed by atoms with Crippen molar-refractivity contribution in [1.82, 2.24) is 14.4 Å². The molecule has 2 aromatic carbocycles. The molecular formula is C59H81N3O2S2. The fourth-order valence-corrected chi connectivity index (χ4v) is 12.6. The molecule has 0 spiro atoms. The molecule has 0 N–H and O–H groups in total. The number of carbonyl (C=O) groups is 2. The third kappa shape index (κ3) is 12.0. The predicted molar refractivity (Wildman–Crippen MR) is 286 cm³/mol. The number of thiophene rings is 2. The zero-order valence-electron chi connectivity index (χ0n) is 41.3. The molecule has 5 heterocycles. The molecule has 3 aromatic heterocycles. The first kappa shape index (κ1) is 50.0. The van der Waals surface area contributed by atoms with E-state index in [4.69, 9.17) is 0 Å². The Morgan fingerprint density at radius 1 is 0.455 bits per heavy atom. The van der Waals surface area contributed by atoms with Gasteiger partial charge in [0.1, 0.15) is 0 Å². The molecule has 0 fully saturated rings. The largest absolute Gasteiger partial charge is 0.337 e. The van der Waals surface area contributed by atoms with Crippen molar-refractivity contribution in [3.05, 3.63) is 93.0 Å². The van der Waals surface area contributed by atoms with Crippen LogP contribution in [0.4, 0.5) is 0 Å². The first-order valence-electron chi connectivity index (χ1n) is 26.8. The predicted octanol–water partition coefficient (Wildman–Crippen LogP) is 18.2. The van der Waals surface area contributed by atoms with Crippen LogP contribution in [-0.4, -0.2) is 39.3 Å². The van der Waals surface area contributed by atoms with Crippen LogP contribution in [0.1, 0.15) is 210 Å². The summed E-state index contributed by atoms with van der Waals surface area (Å²) in [5.41, 5.74) is 6.79. The van der Waals surface area contributed by atoms with Gasteiger partial charge in [-0.3, -0.25) is 9.59 Å². The van der Waals surface area contributed by atoms with E-state index in [1.807, 2.05) is 15.9 Å². The number of para-hydroxylation sites is 1. The Kier molecular flexibility index (Phi) is 19.7. The van der Waals surface area contributed by atoms with Gasteiger partial charge in [-0.15, -0.1) is 22.7 Å². The molecule has 0 radical (unpaired) electrons. The van der Waals surface area contributed by atoms with E-state index >= 15 is 0 Å². The van der Waals surface area contributed by atoms with E-state index in [1.165, 1.54) is 174 Å². The fourth-order valence-electron chi connectivity index (χ4n) is 10.7. The molecule has 356 valence electrons. The van der Waals surface area contributed by atoms with Crippen LogP contribution in [0, 0.1) is 0 Å². The van der Waals surface area contributed by atoms with Crippen LogP contribution in [0.15, 0.2) is 83.3 Å². The Morgan fingerprint density at radius 2 is 0.939 bits per heavy atom. The SMILES string of the molecule is CCCCCCCCC(CCCCCCCC)n1c2ccccc2c2ccc(-c3ccc(C4=C5C(=O)N(CCCCCCCC)C(c6cccs6)=C5C(=O)N4CCCCCCCC)s3)cc21. The Bertz CT molecular complexity index is 2350. The summed E-state index contributed by atoms with van der Waals surface area (Å²) in [5, 5.41) is 4.74. The van der Waals surface area contributed by atoms with E-state index < -0.39 is 0 Å². The Balaban J connectivity index is 1.24. The molecule has 7 rings (SSSR count). The third-order valence-corrected chi connectivity index (χ3v) is 16.4. The van der Waals surface area contributed by atoms with Gasteiger partial charge in [0.25, 0.3) is 11.8 Å². The molecule has 5 nitrogen and oxygen atoms in total. The molecule has 7 heteroatoms. The number of carbonyl (C=O) groups excluding carboxylic acids is 2. The average molecular weight is 928 g/mol. The molecule has 2 amide bonds. The molecule has 0 aliphatic carbocycles. The molecule has 0 atom stereocenters. The lowest BCUT2D eigenvalue weighted by molar-refractivity contribution is -0.124. The molecular weight excluding hydrogens is 847 g/mol. The second-order valence-electron chi connectivity index (χ2n) is 19.4. The highest BCUT2D eigenvalue weighted by atomic mass is 32.1. The normalized spacial score (nSPS) is 14.3. The maximum absolute atomic E-state index is 14.9. The summed E-state index contributed by atoms with van der Waals surface area (Å²) in [7, 11) is 0. The van der Waals surface area contributed by atoms with Crippen LogP contribution < -0.4 is 0 Å². The van der Waals surface area contributed by atoms with E-state index in [2.05, 4.69) is 98.3 Å². The van der Waals surface area contributed by atoms with Crippen LogP contribution in [-0.2, 0) is 9.59 Å². The van der Waals surface area contributed by atoms with E-state index in [0.29, 0.717) is 30.3 Å². The Hall–Kier alpha value is -3.94. The lowest BCUT2D eigenvalue weighted by Gasteiger charge is -2.24. The Labute approximate surface area is 406 Å². The number of hydrogen-bond donors (Lipinski definition) is 0. The summed E-state index contributed by atoms with van der Waals surface area (Å²) >= 11 is 3.38. The van der Waals surface area contributed by atoms with Crippen LogP contribution in [0.25, 0.3) is 43.6 Å². The maximum Gasteiger partial charge on any atom is 0.261 e. The monoisotopic (exact) mass is 928 g/mol. The van der Waals surface area contributed by atoms with Crippen molar-refractivity contribution in [2.45, 2.75) is 201 Å². The van der Waals surface area contributed by atoms with Crippen molar-refractivity contribution in [3.63, 3.8) is 0 Å². The third-order valence-electron chi connectivity index (χ3n) is 14.4. The van der Waals surface area contributed by atoms with Gasteiger partial charge in [0.05, 0.1) is 37.8 Å². The number of rotatable bonds is 32. The van der Waals surface area contributed by atoms with Crippen molar-refractivity contribution in [1.29, 1.82) is 0 Å². The number of amides is 2. The number of fused-ring (bicyclic) bond motifs is 4. The summed E-state index contributed by atoms with van der Waals surface area (Å²) in [6.07, 6.45) is 32.1. The van der Waals surface area contributed by atoms with Crippen molar-refractivity contribution in [2.75, 3.05) is 13.1 Å². The van der Waals surface area contributed by atoms with Crippen molar-refractivity contribution < 1.29 is 9.59 Å². The zero-order chi connectivity index (χ0) is 46.1. The minimum Gasteiger partial charge on any atom is -0.337 e. The molecule has 0 unspecified atom stereocenters. The van der Waals surface area contributed by atoms with Crippen LogP contribution in [0.5, 0.6) is 0 Å². The minimum absolute atomic E-state index is 0.00147. The van der Waals surface area contributed by atoms with E-state index in [0.717, 1.165) is 46.8 Å². The lowest BCUT2D eigenvalue weighted by Crippen LogP contribution is -2.30. The minimum atomic E-state index is -0.00147. The van der Waals surface area contributed by atoms with Gasteiger partial charge >= 0.3 is 0 Å². The van der Waals surface area contributed by atoms with Gasteiger partial charge in [0.15, 0.2) is 0 Å². The summed E-state index contributed by atoms with van der Waals surface area (Å²) in [6.45, 7) is 10.4. The van der Waals surface area contributed by atoms with Crippen LogP contribution >= 0.6 is 22.7 Å². The molecule has 0 saturated heterocycles. The van der Waals surface area contributed by atoms with Crippen LogP contribution in [0.3, 0.4) is 0 Å². The maximum atomic E-state index is 14.9. The highest BCUT2D eigenvalue weighted by Crippen LogP contribution is 2.49. The van der Waals surface area contributed by atoms with Crippen molar-refractivity contribution >= 4 is 67.7 Å². The fraction of sp³-hybridized carbons (Fsp3) is 0.559. The first-order chi connectivity index (χ1) is 32.5. The molecule has 0 saturated carbocycles. The van der Waals surface area contributed by atoms with Crippen molar-refractivity contribution in [3.8, 4) is 10.4 Å². The smallest absolute Gasteiger partial charge is 0.261 e. The van der Waals surface area contributed by atoms with Gasteiger partial charge in [-0.1, -0.05) is 205 Å². The molecule has 2 aliphatic rings. The Morgan fingerprint density at radius 3 is 1.48 bits per heavy atom. The van der Waals surface area contributed by atoms with Gasteiger partial charge in [-0.25, -0.2) is 0 Å². The number of unbranched alkanes of at least 4 members (excludes halogenated alkanes) is 20. The van der Waals surface area contributed by atoms with E-state index in [9.17, 15) is 9.59 Å². The molecule has 0 bridgehead atoms. The highest BCUT2D eigenvalue weighted by Gasteiger charge is 2.49.